The second-order valence-corrected chi connectivity index (χ2v) is 5.85. The van der Waals surface area contributed by atoms with Crippen LogP contribution in [0.25, 0.3) is 0 Å². The summed E-state index contributed by atoms with van der Waals surface area (Å²) in [5.41, 5.74) is 7.36. The van der Waals surface area contributed by atoms with Crippen LogP contribution in [0.2, 0.25) is 5.02 Å². The molecule has 1 aromatic rings. The highest BCUT2D eigenvalue weighted by Gasteiger charge is 2.05. The molecule has 0 saturated heterocycles. The topological polar surface area (TPSA) is 43.1 Å². The standard InChI is InChI=1S/C12H18ClNOS/c1-2-3-4-7-16(15)9-10-8-11(13)5-6-12(10)14/h5-6,8H,2-4,7,9,14H2,1H3. The molecule has 0 heterocycles. The maximum absolute atomic E-state index is 11.8. The quantitative estimate of drug-likeness (QED) is 0.629. The predicted molar refractivity (Wildman–Crippen MR) is 72.1 cm³/mol. The van der Waals surface area contributed by atoms with E-state index in [1.165, 1.54) is 0 Å². The largest absolute Gasteiger partial charge is 0.398 e. The number of anilines is 1. The first-order valence-electron chi connectivity index (χ1n) is 5.52. The molecule has 16 heavy (non-hydrogen) atoms. The molecule has 0 amide bonds. The van der Waals surface area contributed by atoms with E-state index in [0.29, 0.717) is 16.5 Å². The molecule has 1 rings (SSSR count). The fourth-order valence-corrected chi connectivity index (χ4v) is 2.92. The highest BCUT2D eigenvalue weighted by Crippen LogP contribution is 2.19. The van der Waals surface area contributed by atoms with Gasteiger partial charge in [0.15, 0.2) is 0 Å². The number of unbranched alkanes of at least 4 members (excludes halogenated alkanes) is 2. The number of halogens is 1. The number of rotatable bonds is 6. The van der Waals surface area contributed by atoms with Gasteiger partial charge in [-0.25, -0.2) is 0 Å². The minimum Gasteiger partial charge on any atom is -0.398 e. The SMILES string of the molecule is CCCCCS(=O)Cc1cc(Cl)ccc1N. The average Bonchev–Trinajstić information content (AvgIpc) is 2.24. The van der Waals surface area contributed by atoms with Gasteiger partial charge in [-0.1, -0.05) is 31.4 Å². The van der Waals surface area contributed by atoms with Gasteiger partial charge >= 0.3 is 0 Å². The molecule has 4 heteroatoms. The summed E-state index contributed by atoms with van der Waals surface area (Å²) >= 11 is 5.87. The molecule has 0 radical (unpaired) electrons. The van der Waals surface area contributed by atoms with E-state index in [1.807, 2.05) is 0 Å². The highest BCUT2D eigenvalue weighted by molar-refractivity contribution is 7.84. The van der Waals surface area contributed by atoms with Gasteiger partial charge in [-0.2, -0.15) is 0 Å². The maximum Gasteiger partial charge on any atom is 0.0506 e. The summed E-state index contributed by atoms with van der Waals surface area (Å²) in [5, 5.41) is 0.648. The van der Waals surface area contributed by atoms with Gasteiger partial charge in [0, 0.05) is 27.3 Å². The van der Waals surface area contributed by atoms with Gasteiger partial charge < -0.3 is 5.73 Å². The minimum atomic E-state index is -0.830. The zero-order valence-electron chi connectivity index (χ0n) is 9.54. The van der Waals surface area contributed by atoms with Gasteiger partial charge in [-0.15, -0.1) is 0 Å². The van der Waals surface area contributed by atoms with Crippen molar-refractivity contribution in [1.82, 2.24) is 0 Å². The smallest absolute Gasteiger partial charge is 0.0506 e. The molecule has 0 aliphatic rings. The molecule has 0 fully saturated rings. The second-order valence-electron chi connectivity index (χ2n) is 3.84. The highest BCUT2D eigenvalue weighted by atomic mass is 35.5. The van der Waals surface area contributed by atoms with Crippen molar-refractivity contribution in [3.8, 4) is 0 Å². The van der Waals surface area contributed by atoms with E-state index < -0.39 is 10.8 Å². The zero-order chi connectivity index (χ0) is 12.0. The summed E-state index contributed by atoms with van der Waals surface area (Å²) < 4.78 is 11.8. The van der Waals surface area contributed by atoms with E-state index in [-0.39, 0.29) is 0 Å². The van der Waals surface area contributed by atoms with E-state index in [0.717, 1.165) is 30.6 Å². The number of nitrogen functional groups attached to an aromatic ring is 1. The van der Waals surface area contributed by atoms with Crippen molar-refractivity contribution in [3.63, 3.8) is 0 Å². The summed E-state index contributed by atoms with van der Waals surface area (Å²) in [6.45, 7) is 2.14. The average molecular weight is 260 g/mol. The first-order chi connectivity index (χ1) is 7.63. The van der Waals surface area contributed by atoms with Crippen LogP contribution >= 0.6 is 11.6 Å². The molecule has 0 bridgehead atoms. The zero-order valence-corrected chi connectivity index (χ0v) is 11.1. The molecule has 1 aromatic carbocycles. The van der Waals surface area contributed by atoms with Crippen LogP contribution in [0.1, 0.15) is 31.7 Å². The Bertz CT molecular complexity index is 368. The van der Waals surface area contributed by atoms with Crippen molar-refractivity contribution in [3.05, 3.63) is 28.8 Å². The minimum absolute atomic E-state index is 0.510. The van der Waals surface area contributed by atoms with E-state index in [4.69, 9.17) is 17.3 Å². The number of hydrogen-bond acceptors (Lipinski definition) is 2. The third kappa shape index (κ3) is 4.54. The van der Waals surface area contributed by atoms with Crippen LogP contribution in [0.15, 0.2) is 18.2 Å². The van der Waals surface area contributed by atoms with Crippen molar-refractivity contribution in [1.29, 1.82) is 0 Å². The Morgan fingerprint density at radius 3 is 2.81 bits per heavy atom. The monoisotopic (exact) mass is 259 g/mol. The first kappa shape index (κ1) is 13.5. The van der Waals surface area contributed by atoms with Crippen LogP contribution in [0.3, 0.4) is 0 Å². The number of hydrogen-bond donors (Lipinski definition) is 1. The van der Waals surface area contributed by atoms with E-state index in [9.17, 15) is 4.21 Å². The van der Waals surface area contributed by atoms with Gasteiger partial charge in [0.2, 0.25) is 0 Å². The van der Waals surface area contributed by atoms with Gasteiger partial charge in [-0.05, 0) is 30.2 Å². The molecule has 2 nitrogen and oxygen atoms in total. The van der Waals surface area contributed by atoms with Gasteiger partial charge in [0.25, 0.3) is 0 Å². The normalized spacial score (nSPS) is 12.6. The Balaban J connectivity index is 2.52. The van der Waals surface area contributed by atoms with Crippen LogP contribution in [0.4, 0.5) is 5.69 Å². The second kappa shape index (κ2) is 6.92. The Kier molecular flexibility index (Phi) is 5.85. The molecular formula is C12H18ClNOS. The molecule has 90 valence electrons. The molecule has 0 aliphatic carbocycles. The van der Waals surface area contributed by atoms with Crippen LogP contribution in [0.5, 0.6) is 0 Å². The summed E-state index contributed by atoms with van der Waals surface area (Å²) in [7, 11) is -0.830. The lowest BCUT2D eigenvalue weighted by Gasteiger charge is -2.06. The van der Waals surface area contributed by atoms with Crippen molar-refractivity contribution < 1.29 is 4.21 Å². The van der Waals surface area contributed by atoms with Crippen molar-refractivity contribution in [2.75, 3.05) is 11.5 Å². The summed E-state index contributed by atoms with van der Waals surface area (Å²) in [6.07, 6.45) is 3.30. The Morgan fingerprint density at radius 2 is 2.12 bits per heavy atom. The van der Waals surface area contributed by atoms with E-state index >= 15 is 0 Å². The van der Waals surface area contributed by atoms with Crippen molar-refractivity contribution in [2.45, 2.75) is 31.9 Å². The lowest BCUT2D eigenvalue weighted by Crippen LogP contribution is -2.03. The number of benzene rings is 1. The molecule has 0 spiro atoms. The molecule has 0 saturated carbocycles. The molecule has 1 atom stereocenters. The molecule has 0 aromatic heterocycles. The Morgan fingerprint density at radius 1 is 1.38 bits per heavy atom. The summed E-state index contributed by atoms with van der Waals surface area (Å²) in [6, 6.07) is 5.32. The fraction of sp³-hybridized carbons (Fsp3) is 0.500. The van der Waals surface area contributed by atoms with Crippen molar-refractivity contribution >= 4 is 28.1 Å². The molecule has 2 N–H and O–H groups in total. The maximum atomic E-state index is 11.8. The van der Waals surface area contributed by atoms with Gasteiger partial charge in [0.1, 0.15) is 0 Å². The molecule has 1 unspecified atom stereocenters. The fourth-order valence-electron chi connectivity index (χ4n) is 1.46. The van der Waals surface area contributed by atoms with Crippen LogP contribution in [-0.2, 0) is 16.6 Å². The van der Waals surface area contributed by atoms with Crippen LogP contribution in [0, 0.1) is 0 Å². The van der Waals surface area contributed by atoms with Gasteiger partial charge in [0.05, 0.1) is 5.75 Å². The Hall–Kier alpha value is -0.540. The van der Waals surface area contributed by atoms with Crippen LogP contribution < -0.4 is 5.73 Å². The lowest BCUT2D eigenvalue weighted by molar-refractivity contribution is 0.676. The van der Waals surface area contributed by atoms with E-state index in [1.54, 1.807) is 18.2 Å². The van der Waals surface area contributed by atoms with Gasteiger partial charge in [-0.3, -0.25) is 4.21 Å². The third-order valence-corrected chi connectivity index (χ3v) is 4.01. The Labute approximate surface area is 105 Å². The molecular weight excluding hydrogens is 242 g/mol. The molecule has 0 aliphatic heterocycles. The lowest BCUT2D eigenvalue weighted by atomic mass is 10.2. The number of nitrogens with two attached hydrogens (primary N) is 1. The summed E-state index contributed by atoms with van der Waals surface area (Å²) in [5.74, 6) is 1.26. The van der Waals surface area contributed by atoms with Crippen LogP contribution in [-0.4, -0.2) is 9.96 Å². The third-order valence-electron chi connectivity index (χ3n) is 2.40. The summed E-state index contributed by atoms with van der Waals surface area (Å²) in [4.78, 5) is 0. The first-order valence-corrected chi connectivity index (χ1v) is 7.39. The predicted octanol–water partition coefficient (Wildman–Crippen LogP) is 3.36. The van der Waals surface area contributed by atoms with Crippen molar-refractivity contribution in [2.24, 2.45) is 0 Å². The van der Waals surface area contributed by atoms with E-state index in [2.05, 4.69) is 6.92 Å².